The number of hydrogen-bond donors (Lipinski definition) is 0. The van der Waals surface area contributed by atoms with Crippen molar-refractivity contribution in [2.24, 2.45) is 7.05 Å². The van der Waals surface area contributed by atoms with Gasteiger partial charge in [-0.1, -0.05) is 0 Å². The minimum Gasteiger partial charge on any atom is -0.275 e. The summed E-state index contributed by atoms with van der Waals surface area (Å²) in [7, 11) is 1.43. The van der Waals surface area contributed by atoms with Crippen molar-refractivity contribution in [3.63, 3.8) is 0 Å². The molecule has 6 heteroatoms. The molecule has 0 radical (unpaired) electrons. The van der Waals surface area contributed by atoms with Crippen molar-refractivity contribution in [2.75, 3.05) is 0 Å². The lowest BCUT2D eigenvalue weighted by molar-refractivity contribution is -0.142. The normalized spacial score (nSPS) is 18.9. The Morgan fingerprint density at radius 3 is 2.50 bits per heavy atom. The van der Waals surface area contributed by atoms with Crippen LogP contribution in [0.15, 0.2) is 6.20 Å². The molecular weight excluding hydrogens is 219 g/mol. The van der Waals surface area contributed by atoms with E-state index < -0.39 is 17.3 Å². The van der Waals surface area contributed by atoms with E-state index in [4.69, 9.17) is 5.26 Å². The molecule has 0 spiro atoms. The molecule has 0 unspecified atom stereocenters. The van der Waals surface area contributed by atoms with Crippen LogP contribution in [-0.2, 0) is 18.6 Å². The molecule has 0 amide bonds. The maximum absolute atomic E-state index is 12.7. The van der Waals surface area contributed by atoms with E-state index >= 15 is 0 Å². The number of halogens is 3. The van der Waals surface area contributed by atoms with Gasteiger partial charge < -0.3 is 0 Å². The molecule has 0 saturated heterocycles. The summed E-state index contributed by atoms with van der Waals surface area (Å²) < 4.78 is 39.2. The summed E-state index contributed by atoms with van der Waals surface area (Å²) in [5.74, 6) is 0. The van der Waals surface area contributed by atoms with Crippen LogP contribution in [-0.4, -0.2) is 9.78 Å². The third-order valence-corrected chi connectivity index (χ3v) is 3.03. The average molecular weight is 229 g/mol. The summed E-state index contributed by atoms with van der Waals surface area (Å²) in [6, 6.07) is 2.00. The van der Waals surface area contributed by atoms with E-state index in [1.165, 1.54) is 13.2 Å². The Hall–Kier alpha value is -1.51. The van der Waals surface area contributed by atoms with Crippen molar-refractivity contribution in [1.29, 1.82) is 5.26 Å². The van der Waals surface area contributed by atoms with Crippen LogP contribution in [0.4, 0.5) is 13.2 Å². The van der Waals surface area contributed by atoms with Crippen molar-refractivity contribution >= 4 is 0 Å². The summed E-state index contributed by atoms with van der Waals surface area (Å²) >= 11 is 0. The second-order valence-corrected chi connectivity index (χ2v) is 4.11. The molecule has 1 fully saturated rings. The van der Waals surface area contributed by atoms with Gasteiger partial charge in [0.05, 0.1) is 11.5 Å². The predicted octanol–water partition coefficient (Wildman–Crippen LogP) is 2.38. The molecule has 0 aromatic carbocycles. The smallest absolute Gasteiger partial charge is 0.275 e. The first-order valence-corrected chi connectivity index (χ1v) is 4.92. The monoisotopic (exact) mass is 229 g/mol. The average Bonchev–Trinajstić information content (AvgIpc) is 2.46. The molecule has 1 aromatic rings. The Bertz CT molecular complexity index is 449. The lowest BCUT2D eigenvalue weighted by Gasteiger charge is -2.35. The van der Waals surface area contributed by atoms with Crippen molar-refractivity contribution in [1.82, 2.24) is 9.78 Å². The zero-order chi connectivity index (χ0) is 12.0. The van der Waals surface area contributed by atoms with Gasteiger partial charge in [-0.15, -0.1) is 0 Å². The standard InChI is InChI=1S/C10H10F3N3/c1-16-5-7(8(15-16)10(11,12)13)9(6-14)3-2-4-9/h5H,2-4H2,1H3. The van der Waals surface area contributed by atoms with Gasteiger partial charge in [-0.05, 0) is 19.3 Å². The molecule has 0 aliphatic heterocycles. The third kappa shape index (κ3) is 1.47. The van der Waals surface area contributed by atoms with Crippen LogP contribution in [0.2, 0.25) is 0 Å². The lowest BCUT2D eigenvalue weighted by Crippen LogP contribution is -2.34. The SMILES string of the molecule is Cn1cc(C2(C#N)CCC2)c(C(F)(F)F)n1. The number of alkyl halides is 3. The van der Waals surface area contributed by atoms with Crippen molar-refractivity contribution in [3.8, 4) is 6.07 Å². The van der Waals surface area contributed by atoms with E-state index in [0.717, 1.165) is 11.1 Å². The molecule has 86 valence electrons. The van der Waals surface area contributed by atoms with Gasteiger partial charge >= 0.3 is 6.18 Å². The molecule has 1 aliphatic rings. The Morgan fingerprint density at radius 2 is 2.12 bits per heavy atom. The molecule has 2 rings (SSSR count). The largest absolute Gasteiger partial charge is 0.435 e. The quantitative estimate of drug-likeness (QED) is 0.741. The van der Waals surface area contributed by atoms with Crippen LogP contribution >= 0.6 is 0 Å². The van der Waals surface area contributed by atoms with Gasteiger partial charge in [-0.3, -0.25) is 4.68 Å². The van der Waals surface area contributed by atoms with Crippen molar-refractivity contribution < 1.29 is 13.2 Å². The minimum atomic E-state index is -4.49. The van der Waals surface area contributed by atoms with Crippen LogP contribution in [0.5, 0.6) is 0 Å². The van der Waals surface area contributed by atoms with Crippen LogP contribution in [0, 0.1) is 11.3 Å². The van der Waals surface area contributed by atoms with Gasteiger partial charge in [-0.2, -0.15) is 23.5 Å². The molecule has 16 heavy (non-hydrogen) atoms. The second-order valence-electron chi connectivity index (χ2n) is 4.11. The topological polar surface area (TPSA) is 41.6 Å². The first-order chi connectivity index (χ1) is 7.39. The molecule has 0 atom stereocenters. The number of nitriles is 1. The highest BCUT2D eigenvalue weighted by Crippen LogP contribution is 2.47. The molecule has 1 aliphatic carbocycles. The van der Waals surface area contributed by atoms with Crippen molar-refractivity contribution in [2.45, 2.75) is 30.9 Å². The van der Waals surface area contributed by atoms with Gasteiger partial charge in [-0.25, -0.2) is 0 Å². The van der Waals surface area contributed by atoms with E-state index in [2.05, 4.69) is 5.10 Å². The zero-order valence-corrected chi connectivity index (χ0v) is 8.67. The first-order valence-electron chi connectivity index (χ1n) is 4.92. The molecular formula is C10H10F3N3. The molecule has 0 N–H and O–H groups in total. The predicted molar refractivity (Wildman–Crippen MR) is 49.4 cm³/mol. The number of rotatable bonds is 1. The second kappa shape index (κ2) is 3.24. The summed E-state index contributed by atoms with van der Waals surface area (Å²) in [4.78, 5) is 0. The zero-order valence-electron chi connectivity index (χ0n) is 8.67. The number of aryl methyl sites for hydroxylation is 1. The Morgan fingerprint density at radius 1 is 1.50 bits per heavy atom. The fourth-order valence-corrected chi connectivity index (χ4v) is 2.02. The van der Waals surface area contributed by atoms with Gasteiger partial charge in [0.25, 0.3) is 0 Å². The van der Waals surface area contributed by atoms with Crippen LogP contribution in [0.25, 0.3) is 0 Å². The Labute approximate surface area is 90.5 Å². The van der Waals surface area contributed by atoms with Gasteiger partial charge in [0.1, 0.15) is 0 Å². The number of hydrogen-bond acceptors (Lipinski definition) is 2. The summed E-state index contributed by atoms with van der Waals surface area (Å²) in [6.07, 6.45) is -1.42. The van der Waals surface area contributed by atoms with E-state index in [-0.39, 0.29) is 5.56 Å². The molecule has 3 nitrogen and oxygen atoms in total. The van der Waals surface area contributed by atoms with E-state index in [1.54, 1.807) is 0 Å². The lowest BCUT2D eigenvalue weighted by atomic mass is 9.65. The van der Waals surface area contributed by atoms with Crippen molar-refractivity contribution in [3.05, 3.63) is 17.5 Å². The van der Waals surface area contributed by atoms with E-state index in [1.807, 2.05) is 6.07 Å². The number of aromatic nitrogens is 2. The van der Waals surface area contributed by atoms with E-state index in [9.17, 15) is 13.2 Å². The van der Waals surface area contributed by atoms with Crippen LogP contribution < -0.4 is 0 Å². The van der Waals surface area contributed by atoms with Gasteiger partial charge in [0.15, 0.2) is 5.69 Å². The highest BCUT2D eigenvalue weighted by Gasteiger charge is 2.48. The molecule has 1 heterocycles. The molecule has 0 bridgehead atoms. The molecule has 1 saturated carbocycles. The fourth-order valence-electron chi connectivity index (χ4n) is 2.02. The van der Waals surface area contributed by atoms with Gasteiger partial charge in [0.2, 0.25) is 0 Å². The Balaban J connectivity index is 2.53. The Kier molecular flexibility index (Phi) is 2.22. The maximum Gasteiger partial charge on any atom is 0.435 e. The maximum atomic E-state index is 12.7. The van der Waals surface area contributed by atoms with E-state index in [0.29, 0.717) is 12.8 Å². The highest BCUT2D eigenvalue weighted by molar-refractivity contribution is 5.38. The highest BCUT2D eigenvalue weighted by atomic mass is 19.4. The first kappa shape index (κ1) is 11.0. The summed E-state index contributed by atoms with van der Waals surface area (Å²) in [5, 5.41) is 12.5. The third-order valence-electron chi connectivity index (χ3n) is 3.03. The van der Waals surface area contributed by atoms with Gasteiger partial charge in [0, 0.05) is 18.8 Å². The fraction of sp³-hybridized carbons (Fsp3) is 0.600. The minimum absolute atomic E-state index is 0.0243. The van der Waals surface area contributed by atoms with Crippen LogP contribution in [0.1, 0.15) is 30.5 Å². The van der Waals surface area contributed by atoms with Crippen LogP contribution in [0.3, 0.4) is 0 Å². The summed E-state index contributed by atoms with van der Waals surface area (Å²) in [5.41, 5.74) is -1.87. The summed E-state index contributed by atoms with van der Waals surface area (Å²) in [6.45, 7) is 0. The molecule has 1 aromatic heterocycles. The number of nitrogens with zero attached hydrogens (tertiary/aromatic N) is 3.